The molecule has 0 saturated carbocycles. The topological polar surface area (TPSA) is 66.5 Å². The molecule has 0 aromatic heterocycles. The van der Waals surface area contributed by atoms with E-state index in [0.29, 0.717) is 5.69 Å². The lowest BCUT2D eigenvalue weighted by Crippen LogP contribution is -2.52. The van der Waals surface area contributed by atoms with E-state index in [0.717, 1.165) is 10.6 Å². The Kier molecular flexibility index (Phi) is 4.81. The van der Waals surface area contributed by atoms with Crippen molar-refractivity contribution >= 4 is 21.6 Å². The molecule has 1 amide bonds. The van der Waals surface area contributed by atoms with Gasteiger partial charge >= 0.3 is 0 Å². The van der Waals surface area contributed by atoms with Crippen LogP contribution in [-0.4, -0.2) is 32.2 Å². The molecule has 1 atom stereocenters. The van der Waals surface area contributed by atoms with Crippen LogP contribution < -0.4 is 9.62 Å². The van der Waals surface area contributed by atoms with Crippen molar-refractivity contribution in [2.45, 2.75) is 39.3 Å². The number of nitrogens with zero attached hydrogens (tertiary/aromatic N) is 1. The van der Waals surface area contributed by atoms with Crippen LogP contribution >= 0.6 is 0 Å². The first-order valence-electron chi connectivity index (χ1n) is 6.39. The number of carbonyl (C=O) groups excluding carboxylic acids is 1. The minimum absolute atomic E-state index is 0.327. The maximum absolute atomic E-state index is 12.2. The fourth-order valence-electron chi connectivity index (χ4n) is 1.86. The van der Waals surface area contributed by atoms with Gasteiger partial charge in [-0.1, -0.05) is 18.2 Å². The molecule has 20 heavy (non-hydrogen) atoms. The smallest absolute Gasteiger partial charge is 0.244 e. The van der Waals surface area contributed by atoms with Crippen molar-refractivity contribution in [3.63, 3.8) is 0 Å². The lowest BCUT2D eigenvalue weighted by atomic mass is 10.1. The van der Waals surface area contributed by atoms with Crippen molar-refractivity contribution in [1.82, 2.24) is 5.32 Å². The molecular weight excluding hydrogens is 276 g/mol. The Morgan fingerprint density at radius 1 is 1.20 bits per heavy atom. The summed E-state index contributed by atoms with van der Waals surface area (Å²) in [7, 11) is -3.55. The van der Waals surface area contributed by atoms with Crippen molar-refractivity contribution in [1.29, 1.82) is 0 Å². The molecule has 1 N–H and O–H groups in total. The highest BCUT2D eigenvalue weighted by molar-refractivity contribution is 7.92. The van der Waals surface area contributed by atoms with Crippen molar-refractivity contribution < 1.29 is 13.2 Å². The van der Waals surface area contributed by atoms with Crippen LogP contribution in [0, 0.1) is 0 Å². The molecule has 1 aromatic carbocycles. The van der Waals surface area contributed by atoms with E-state index in [2.05, 4.69) is 5.32 Å². The van der Waals surface area contributed by atoms with E-state index in [9.17, 15) is 13.2 Å². The van der Waals surface area contributed by atoms with Crippen LogP contribution in [0.4, 0.5) is 5.69 Å². The molecule has 1 aromatic rings. The molecule has 0 fully saturated rings. The second-order valence-electron chi connectivity index (χ2n) is 5.81. The highest BCUT2D eigenvalue weighted by Gasteiger charge is 2.30. The maximum Gasteiger partial charge on any atom is 0.244 e. The first kappa shape index (κ1) is 16.5. The fraction of sp³-hybridized carbons (Fsp3) is 0.500. The van der Waals surface area contributed by atoms with E-state index in [1.54, 1.807) is 37.3 Å². The van der Waals surface area contributed by atoms with Crippen molar-refractivity contribution in [3.8, 4) is 0 Å². The number of para-hydroxylation sites is 1. The van der Waals surface area contributed by atoms with E-state index < -0.39 is 21.6 Å². The zero-order valence-electron chi connectivity index (χ0n) is 12.5. The average molecular weight is 298 g/mol. The van der Waals surface area contributed by atoms with Crippen LogP contribution in [0.1, 0.15) is 27.7 Å². The van der Waals surface area contributed by atoms with Gasteiger partial charge in [-0.2, -0.15) is 0 Å². The van der Waals surface area contributed by atoms with Gasteiger partial charge in [0, 0.05) is 5.54 Å². The summed E-state index contributed by atoms with van der Waals surface area (Å²) in [5, 5.41) is 2.80. The Morgan fingerprint density at radius 2 is 1.70 bits per heavy atom. The summed E-state index contributed by atoms with van der Waals surface area (Å²) in [5.41, 5.74) is 0.0668. The third kappa shape index (κ3) is 4.52. The lowest BCUT2D eigenvalue weighted by molar-refractivity contribution is -0.123. The van der Waals surface area contributed by atoms with Gasteiger partial charge in [0.25, 0.3) is 0 Å². The fourth-order valence-corrected chi connectivity index (χ4v) is 3.03. The van der Waals surface area contributed by atoms with Crippen molar-refractivity contribution in [3.05, 3.63) is 30.3 Å². The van der Waals surface area contributed by atoms with Crippen LogP contribution in [0.5, 0.6) is 0 Å². The second-order valence-corrected chi connectivity index (χ2v) is 7.67. The van der Waals surface area contributed by atoms with Gasteiger partial charge in [-0.15, -0.1) is 0 Å². The van der Waals surface area contributed by atoms with Gasteiger partial charge in [0.2, 0.25) is 15.9 Å². The molecule has 1 rings (SSSR count). The van der Waals surface area contributed by atoms with Gasteiger partial charge < -0.3 is 5.32 Å². The molecule has 0 aliphatic heterocycles. The quantitative estimate of drug-likeness (QED) is 0.921. The highest BCUT2D eigenvalue weighted by Crippen LogP contribution is 2.20. The van der Waals surface area contributed by atoms with E-state index in [1.165, 1.54) is 0 Å². The van der Waals surface area contributed by atoms with Crippen LogP contribution in [0.15, 0.2) is 30.3 Å². The minimum atomic E-state index is -3.55. The predicted molar refractivity (Wildman–Crippen MR) is 81.1 cm³/mol. The van der Waals surface area contributed by atoms with Crippen LogP contribution in [0.2, 0.25) is 0 Å². The van der Waals surface area contributed by atoms with Crippen molar-refractivity contribution in [2.24, 2.45) is 0 Å². The molecule has 0 radical (unpaired) electrons. The Hall–Kier alpha value is -1.56. The standard InChI is InChI=1S/C14H22N2O3S/c1-11(13(17)15-14(2,3)4)16(20(5,18)19)12-9-7-6-8-10-12/h6-11H,1-5H3,(H,15,17). The SMILES string of the molecule is CC(C(=O)NC(C)(C)C)N(c1ccccc1)S(C)(=O)=O. The Balaban J connectivity index is 3.11. The number of rotatable bonds is 4. The Morgan fingerprint density at radius 3 is 2.10 bits per heavy atom. The summed E-state index contributed by atoms with van der Waals surface area (Å²) >= 11 is 0. The number of carbonyl (C=O) groups is 1. The monoisotopic (exact) mass is 298 g/mol. The molecule has 0 aliphatic carbocycles. The molecule has 0 spiro atoms. The highest BCUT2D eigenvalue weighted by atomic mass is 32.2. The number of nitrogens with one attached hydrogen (secondary N) is 1. The first-order valence-corrected chi connectivity index (χ1v) is 8.24. The molecule has 0 aliphatic rings. The summed E-state index contributed by atoms with van der Waals surface area (Å²) in [6.45, 7) is 7.13. The average Bonchev–Trinajstić information content (AvgIpc) is 2.26. The molecule has 0 heterocycles. The molecular formula is C14H22N2O3S. The molecule has 6 heteroatoms. The van der Waals surface area contributed by atoms with Gasteiger partial charge in [-0.05, 0) is 39.8 Å². The van der Waals surface area contributed by atoms with Crippen LogP contribution in [-0.2, 0) is 14.8 Å². The summed E-state index contributed by atoms with van der Waals surface area (Å²) in [6.07, 6.45) is 1.10. The third-order valence-electron chi connectivity index (χ3n) is 2.60. The van der Waals surface area contributed by atoms with Gasteiger partial charge in [0.05, 0.1) is 11.9 Å². The number of hydrogen-bond donors (Lipinski definition) is 1. The second kappa shape index (κ2) is 5.83. The van der Waals surface area contributed by atoms with Crippen LogP contribution in [0.25, 0.3) is 0 Å². The zero-order valence-corrected chi connectivity index (χ0v) is 13.4. The van der Waals surface area contributed by atoms with E-state index in [4.69, 9.17) is 0 Å². The van der Waals surface area contributed by atoms with Gasteiger partial charge in [-0.25, -0.2) is 8.42 Å². The molecule has 0 saturated heterocycles. The van der Waals surface area contributed by atoms with E-state index in [1.807, 2.05) is 20.8 Å². The molecule has 1 unspecified atom stereocenters. The predicted octanol–water partition coefficient (Wildman–Crippen LogP) is 1.76. The first-order chi connectivity index (χ1) is 9.02. The molecule has 112 valence electrons. The summed E-state index contributed by atoms with van der Waals surface area (Å²) < 4.78 is 25.1. The molecule has 5 nitrogen and oxygen atoms in total. The van der Waals surface area contributed by atoms with Gasteiger partial charge in [0.1, 0.15) is 6.04 Å². The number of benzene rings is 1. The van der Waals surface area contributed by atoms with Crippen LogP contribution in [0.3, 0.4) is 0 Å². The summed E-state index contributed by atoms with van der Waals surface area (Å²) in [4.78, 5) is 12.2. The number of sulfonamides is 1. The summed E-state index contributed by atoms with van der Waals surface area (Å²) in [6, 6.07) is 7.80. The number of anilines is 1. The summed E-state index contributed by atoms with van der Waals surface area (Å²) in [5.74, 6) is -0.327. The maximum atomic E-state index is 12.2. The Bertz CT molecular complexity index is 562. The number of amides is 1. The van der Waals surface area contributed by atoms with Gasteiger partial charge in [-0.3, -0.25) is 9.10 Å². The molecule has 0 bridgehead atoms. The third-order valence-corrected chi connectivity index (χ3v) is 3.84. The largest absolute Gasteiger partial charge is 0.350 e. The number of hydrogen-bond acceptors (Lipinski definition) is 3. The Labute approximate surface area is 121 Å². The zero-order chi connectivity index (χ0) is 15.6. The van der Waals surface area contributed by atoms with Crippen molar-refractivity contribution in [2.75, 3.05) is 10.6 Å². The van der Waals surface area contributed by atoms with E-state index >= 15 is 0 Å². The lowest BCUT2D eigenvalue weighted by Gasteiger charge is -2.31. The minimum Gasteiger partial charge on any atom is -0.350 e. The van der Waals surface area contributed by atoms with E-state index in [-0.39, 0.29) is 5.91 Å². The normalized spacial score (nSPS) is 13.7. The van der Waals surface area contributed by atoms with Gasteiger partial charge in [0.15, 0.2) is 0 Å².